The van der Waals surface area contributed by atoms with Crippen molar-refractivity contribution in [1.29, 1.82) is 0 Å². The maximum absolute atomic E-state index is 11.5. The van der Waals surface area contributed by atoms with Gasteiger partial charge in [-0.2, -0.15) is 0 Å². The summed E-state index contributed by atoms with van der Waals surface area (Å²) in [7, 11) is 0. The van der Waals surface area contributed by atoms with E-state index in [1.165, 1.54) is 16.9 Å². The summed E-state index contributed by atoms with van der Waals surface area (Å²) in [5.41, 5.74) is 5.42. The van der Waals surface area contributed by atoms with E-state index >= 15 is 0 Å². The van der Waals surface area contributed by atoms with Crippen molar-refractivity contribution in [3.8, 4) is 11.3 Å². The van der Waals surface area contributed by atoms with Gasteiger partial charge in [0.25, 0.3) is 0 Å². The maximum atomic E-state index is 11.5. The molecule has 0 aliphatic heterocycles. The van der Waals surface area contributed by atoms with Gasteiger partial charge in [-0.25, -0.2) is 0 Å². The van der Waals surface area contributed by atoms with Crippen molar-refractivity contribution in [1.82, 2.24) is 4.98 Å². The molecule has 0 atom stereocenters. The van der Waals surface area contributed by atoms with Gasteiger partial charge in [0.1, 0.15) is 4.34 Å². The molecule has 2 aromatic heterocycles. The van der Waals surface area contributed by atoms with Crippen LogP contribution in [-0.4, -0.2) is 11.3 Å². The van der Waals surface area contributed by atoms with Crippen LogP contribution in [-0.2, 0) is 0 Å². The predicted molar refractivity (Wildman–Crippen MR) is 86.5 cm³/mol. The van der Waals surface area contributed by atoms with Gasteiger partial charge in [0.05, 0.1) is 10.0 Å². The monoisotopic (exact) mass is 323 g/mol. The molecular formula is C15H11Cl2NOS. The Kier molecular flexibility index (Phi) is 3.36. The number of nitrogens with one attached hydrogen (secondary N) is 1. The third kappa shape index (κ3) is 1.97. The number of H-pyrrole nitrogens is 1. The van der Waals surface area contributed by atoms with Crippen LogP contribution in [0.3, 0.4) is 0 Å². The Morgan fingerprint density at radius 3 is 2.60 bits per heavy atom. The third-order valence-corrected chi connectivity index (χ3v) is 5.08. The highest BCUT2D eigenvalue weighted by atomic mass is 35.5. The molecule has 3 rings (SSSR count). The first-order valence-corrected chi connectivity index (χ1v) is 7.62. The molecule has 2 heterocycles. The quantitative estimate of drug-likeness (QED) is 0.609. The number of aryl methyl sites for hydroxylation is 2. The molecule has 0 fully saturated rings. The van der Waals surface area contributed by atoms with E-state index in [0.717, 1.165) is 34.0 Å². The molecule has 1 aromatic carbocycles. The van der Waals surface area contributed by atoms with Crippen LogP contribution < -0.4 is 0 Å². The van der Waals surface area contributed by atoms with E-state index in [4.69, 9.17) is 23.2 Å². The van der Waals surface area contributed by atoms with E-state index in [1.807, 2.05) is 26.0 Å². The van der Waals surface area contributed by atoms with Crippen LogP contribution in [0.15, 0.2) is 18.2 Å². The molecule has 0 amide bonds. The number of halogens is 2. The molecule has 0 aliphatic rings. The number of thiophene rings is 1. The second kappa shape index (κ2) is 4.92. The zero-order valence-corrected chi connectivity index (χ0v) is 13.2. The summed E-state index contributed by atoms with van der Waals surface area (Å²) in [4.78, 5) is 14.8. The summed E-state index contributed by atoms with van der Waals surface area (Å²) in [6.07, 6.45) is 0.866. The summed E-state index contributed by atoms with van der Waals surface area (Å²) in [5.74, 6) is 0. The number of benzene rings is 1. The summed E-state index contributed by atoms with van der Waals surface area (Å²) in [6, 6.07) is 5.77. The fourth-order valence-corrected chi connectivity index (χ4v) is 3.85. The molecule has 5 heteroatoms. The van der Waals surface area contributed by atoms with Gasteiger partial charge in [-0.15, -0.1) is 11.3 Å². The van der Waals surface area contributed by atoms with Crippen molar-refractivity contribution < 1.29 is 4.79 Å². The smallest absolute Gasteiger partial charge is 0.152 e. The average Bonchev–Trinajstić information content (AvgIpc) is 2.93. The van der Waals surface area contributed by atoms with Gasteiger partial charge < -0.3 is 4.98 Å². The molecule has 0 unspecified atom stereocenters. The zero-order valence-electron chi connectivity index (χ0n) is 10.9. The molecule has 0 spiro atoms. The van der Waals surface area contributed by atoms with Gasteiger partial charge >= 0.3 is 0 Å². The topological polar surface area (TPSA) is 32.9 Å². The largest absolute Gasteiger partial charge is 0.354 e. The van der Waals surface area contributed by atoms with Crippen molar-refractivity contribution in [2.24, 2.45) is 0 Å². The van der Waals surface area contributed by atoms with Gasteiger partial charge in [0.15, 0.2) is 6.29 Å². The van der Waals surface area contributed by atoms with Crippen LogP contribution in [0.25, 0.3) is 22.2 Å². The molecule has 0 bridgehead atoms. The van der Waals surface area contributed by atoms with E-state index in [0.29, 0.717) is 14.2 Å². The molecule has 20 heavy (non-hydrogen) atoms. The number of aromatic amines is 1. The van der Waals surface area contributed by atoms with Crippen LogP contribution in [0.2, 0.25) is 8.67 Å². The molecule has 2 nitrogen and oxygen atoms in total. The van der Waals surface area contributed by atoms with Crippen LogP contribution >= 0.6 is 34.5 Å². The third-order valence-electron chi connectivity index (χ3n) is 3.59. The van der Waals surface area contributed by atoms with Crippen molar-refractivity contribution >= 4 is 51.7 Å². The minimum absolute atomic E-state index is 0.582. The lowest BCUT2D eigenvalue weighted by molar-refractivity contribution is 0.112. The van der Waals surface area contributed by atoms with E-state index in [1.54, 1.807) is 6.07 Å². The number of carbonyl (C=O) groups excluding carboxylic acids is 1. The molecule has 0 aliphatic carbocycles. The first-order valence-electron chi connectivity index (χ1n) is 6.05. The summed E-state index contributed by atoms with van der Waals surface area (Å²) in [6.45, 7) is 4.08. The average molecular weight is 324 g/mol. The Bertz CT molecular complexity index is 832. The van der Waals surface area contributed by atoms with Crippen molar-refractivity contribution in [3.63, 3.8) is 0 Å². The van der Waals surface area contributed by atoms with Crippen LogP contribution in [0.4, 0.5) is 0 Å². The van der Waals surface area contributed by atoms with Gasteiger partial charge in [0, 0.05) is 22.0 Å². The Morgan fingerprint density at radius 2 is 2.00 bits per heavy atom. The van der Waals surface area contributed by atoms with Gasteiger partial charge in [0.2, 0.25) is 0 Å². The maximum Gasteiger partial charge on any atom is 0.152 e. The van der Waals surface area contributed by atoms with Crippen LogP contribution in [0, 0.1) is 13.8 Å². The molecule has 102 valence electrons. The molecular weight excluding hydrogens is 313 g/mol. The molecule has 0 saturated heterocycles. The lowest BCUT2D eigenvalue weighted by Gasteiger charge is -2.00. The fraction of sp³-hybridized carbons (Fsp3) is 0.133. The van der Waals surface area contributed by atoms with Crippen LogP contribution in [0.5, 0.6) is 0 Å². The lowest BCUT2D eigenvalue weighted by atomic mass is 10.0. The van der Waals surface area contributed by atoms with E-state index < -0.39 is 0 Å². The first-order chi connectivity index (χ1) is 9.52. The predicted octanol–water partition coefficient (Wildman–Crippen LogP) is 5.63. The summed E-state index contributed by atoms with van der Waals surface area (Å²) in [5, 5.41) is 0.913. The van der Waals surface area contributed by atoms with Gasteiger partial charge in [-0.05, 0) is 31.0 Å². The number of hydrogen-bond acceptors (Lipinski definition) is 2. The fourth-order valence-electron chi connectivity index (χ4n) is 2.37. The minimum atomic E-state index is 0.582. The highest BCUT2D eigenvalue weighted by Gasteiger charge is 2.18. The number of aromatic nitrogens is 1. The summed E-state index contributed by atoms with van der Waals surface area (Å²) < 4.78 is 1.19. The Balaban J connectivity index is 2.39. The molecule has 0 saturated carbocycles. The molecule has 3 aromatic rings. The van der Waals surface area contributed by atoms with E-state index in [-0.39, 0.29) is 0 Å². The Hall–Kier alpha value is -1.29. The number of fused-ring (bicyclic) bond motifs is 1. The van der Waals surface area contributed by atoms with Gasteiger partial charge in [-0.3, -0.25) is 4.79 Å². The first kappa shape index (κ1) is 13.7. The van der Waals surface area contributed by atoms with Crippen molar-refractivity contribution in [3.05, 3.63) is 43.6 Å². The number of hydrogen-bond donors (Lipinski definition) is 1. The van der Waals surface area contributed by atoms with Gasteiger partial charge in [-0.1, -0.05) is 35.3 Å². The Labute approximate surface area is 130 Å². The minimum Gasteiger partial charge on any atom is -0.354 e. The van der Waals surface area contributed by atoms with Crippen molar-refractivity contribution in [2.45, 2.75) is 13.8 Å². The number of carbonyl (C=O) groups is 1. The number of aldehydes is 1. The van der Waals surface area contributed by atoms with E-state index in [9.17, 15) is 4.79 Å². The van der Waals surface area contributed by atoms with Crippen LogP contribution in [0.1, 0.15) is 21.5 Å². The normalized spacial score (nSPS) is 11.2. The SMILES string of the molecule is Cc1ccc2c(C=O)c(-c3cc(Cl)sc3Cl)[nH]c2c1C. The second-order valence-corrected chi connectivity index (χ2v) is 6.99. The highest BCUT2D eigenvalue weighted by Crippen LogP contribution is 2.41. The highest BCUT2D eigenvalue weighted by molar-refractivity contribution is 7.20. The second-order valence-electron chi connectivity index (χ2n) is 4.70. The van der Waals surface area contributed by atoms with E-state index in [2.05, 4.69) is 4.98 Å². The molecule has 1 N–H and O–H groups in total. The summed E-state index contributed by atoms with van der Waals surface area (Å²) >= 11 is 13.5. The lowest BCUT2D eigenvalue weighted by Crippen LogP contribution is -1.83. The number of rotatable bonds is 2. The molecule has 0 radical (unpaired) electrons. The standard InChI is InChI=1S/C15H11Cl2NOS/c1-7-3-4-9-11(6-19)14(18-13(9)8(7)2)10-5-12(16)20-15(10)17/h3-6,18H,1-2H3. The Morgan fingerprint density at radius 1 is 1.25 bits per heavy atom. The van der Waals surface area contributed by atoms with Crippen molar-refractivity contribution in [2.75, 3.05) is 0 Å². The zero-order chi connectivity index (χ0) is 14.4.